The Morgan fingerprint density at radius 1 is 0.731 bits per heavy atom. The molecule has 1 aliphatic rings. The van der Waals surface area contributed by atoms with E-state index in [1.165, 1.54) is 54.7 Å². The van der Waals surface area contributed by atoms with Crippen molar-refractivity contribution in [3.05, 3.63) is 89.6 Å². The molecule has 0 radical (unpaired) electrons. The third-order valence-corrected chi connectivity index (χ3v) is 5.82. The number of aryl methyl sites for hydroxylation is 1. The third-order valence-electron chi connectivity index (χ3n) is 5.82. The van der Waals surface area contributed by atoms with Crippen LogP contribution in [0.1, 0.15) is 16.7 Å². The van der Waals surface area contributed by atoms with Crippen LogP contribution in [0, 0.1) is 6.92 Å². The standard InChI is InChI=1S/C25H17N/c1-15-10-23-22-13-18-11-16-6-2-3-7-17(16)12-21(18)24(22)14-26-25(23)20-9-5-4-8-19(15)20/h2-12,14H,13H2,1H3. The first kappa shape index (κ1) is 14.0. The quantitative estimate of drug-likeness (QED) is 0.293. The molecule has 1 heteroatoms. The molecule has 26 heavy (non-hydrogen) atoms. The Labute approximate surface area is 151 Å². The molecule has 0 saturated heterocycles. The molecule has 0 N–H and O–H groups in total. The summed E-state index contributed by atoms with van der Waals surface area (Å²) >= 11 is 0. The summed E-state index contributed by atoms with van der Waals surface area (Å²) in [5.41, 5.74) is 7.94. The zero-order valence-corrected chi connectivity index (χ0v) is 14.6. The fourth-order valence-electron chi connectivity index (χ4n) is 4.56. The molecule has 1 aromatic heterocycles. The minimum absolute atomic E-state index is 0.992. The Balaban J connectivity index is 1.71. The number of benzene rings is 4. The predicted octanol–water partition coefficient (Wildman–Crippen LogP) is 6.42. The highest BCUT2D eigenvalue weighted by Gasteiger charge is 2.22. The van der Waals surface area contributed by atoms with Crippen LogP contribution in [0.25, 0.3) is 43.6 Å². The maximum atomic E-state index is 4.90. The summed E-state index contributed by atoms with van der Waals surface area (Å²) < 4.78 is 0. The van der Waals surface area contributed by atoms with Gasteiger partial charge in [-0.15, -0.1) is 0 Å². The molecular weight excluding hydrogens is 314 g/mol. The molecular formula is C25H17N. The second-order valence-electron chi connectivity index (χ2n) is 7.32. The Bertz CT molecular complexity index is 1360. The lowest BCUT2D eigenvalue weighted by molar-refractivity contribution is 1.28. The van der Waals surface area contributed by atoms with E-state index in [0.717, 1.165) is 11.9 Å². The van der Waals surface area contributed by atoms with Crippen molar-refractivity contribution >= 4 is 32.4 Å². The van der Waals surface area contributed by atoms with Gasteiger partial charge in [0.1, 0.15) is 0 Å². The number of fused-ring (bicyclic) bond motifs is 8. The van der Waals surface area contributed by atoms with Crippen molar-refractivity contribution in [1.29, 1.82) is 0 Å². The van der Waals surface area contributed by atoms with Gasteiger partial charge in [-0.05, 0) is 63.9 Å². The third kappa shape index (κ3) is 1.78. The van der Waals surface area contributed by atoms with Gasteiger partial charge in [-0.2, -0.15) is 0 Å². The van der Waals surface area contributed by atoms with Crippen LogP contribution in [0.2, 0.25) is 0 Å². The van der Waals surface area contributed by atoms with Crippen LogP contribution in [0.4, 0.5) is 0 Å². The van der Waals surface area contributed by atoms with Gasteiger partial charge in [0.15, 0.2) is 0 Å². The number of rotatable bonds is 0. The molecule has 6 rings (SSSR count). The van der Waals surface area contributed by atoms with Gasteiger partial charge in [0.2, 0.25) is 0 Å². The average molecular weight is 331 g/mol. The highest BCUT2D eigenvalue weighted by Crippen LogP contribution is 2.42. The maximum absolute atomic E-state index is 4.90. The molecule has 0 bridgehead atoms. The van der Waals surface area contributed by atoms with Crippen molar-refractivity contribution in [1.82, 2.24) is 4.98 Å². The van der Waals surface area contributed by atoms with Crippen molar-refractivity contribution in [2.24, 2.45) is 0 Å². The second-order valence-corrected chi connectivity index (χ2v) is 7.32. The van der Waals surface area contributed by atoms with Gasteiger partial charge in [-0.1, -0.05) is 54.6 Å². The molecule has 1 heterocycles. The van der Waals surface area contributed by atoms with E-state index >= 15 is 0 Å². The molecule has 122 valence electrons. The van der Waals surface area contributed by atoms with Gasteiger partial charge >= 0.3 is 0 Å². The number of aromatic nitrogens is 1. The zero-order valence-electron chi connectivity index (χ0n) is 14.6. The molecule has 0 amide bonds. The summed E-state index contributed by atoms with van der Waals surface area (Å²) in [6.07, 6.45) is 3.08. The van der Waals surface area contributed by atoms with Crippen LogP contribution in [0.5, 0.6) is 0 Å². The van der Waals surface area contributed by atoms with Gasteiger partial charge in [0.25, 0.3) is 0 Å². The molecule has 0 unspecified atom stereocenters. The van der Waals surface area contributed by atoms with Crippen molar-refractivity contribution in [3.8, 4) is 11.1 Å². The lowest BCUT2D eigenvalue weighted by atomic mass is 9.96. The minimum atomic E-state index is 0.992. The largest absolute Gasteiger partial charge is 0.255 e. The summed E-state index contributed by atoms with van der Waals surface area (Å²) in [4.78, 5) is 4.90. The van der Waals surface area contributed by atoms with Crippen molar-refractivity contribution < 1.29 is 0 Å². The van der Waals surface area contributed by atoms with Crippen LogP contribution >= 0.6 is 0 Å². The van der Waals surface area contributed by atoms with Gasteiger partial charge < -0.3 is 0 Å². The van der Waals surface area contributed by atoms with Gasteiger partial charge in [0, 0.05) is 22.5 Å². The molecule has 4 aromatic carbocycles. The van der Waals surface area contributed by atoms with Crippen LogP contribution in [0.15, 0.2) is 72.9 Å². The smallest absolute Gasteiger partial charge is 0.0783 e. The van der Waals surface area contributed by atoms with E-state index in [1.54, 1.807) is 0 Å². The van der Waals surface area contributed by atoms with E-state index in [4.69, 9.17) is 4.98 Å². The van der Waals surface area contributed by atoms with Crippen LogP contribution in [-0.2, 0) is 6.42 Å². The Kier molecular flexibility index (Phi) is 2.66. The molecule has 0 aliphatic heterocycles. The van der Waals surface area contributed by atoms with Crippen molar-refractivity contribution in [3.63, 3.8) is 0 Å². The highest BCUT2D eigenvalue weighted by molar-refractivity contribution is 6.10. The monoisotopic (exact) mass is 331 g/mol. The lowest BCUT2D eigenvalue weighted by Gasteiger charge is -2.10. The second kappa shape index (κ2) is 4.92. The van der Waals surface area contributed by atoms with Crippen molar-refractivity contribution in [2.45, 2.75) is 13.3 Å². The van der Waals surface area contributed by atoms with E-state index in [9.17, 15) is 0 Å². The molecule has 1 nitrogen and oxygen atoms in total. The normalized spacial score (nSPS) is 12.7. The predicted molar refractivity (Wildman–Crippen MR) is 110 cm³/mol. The van der Waals surface area contributed by atoms with E-state index in [2.05, 4.69) is 79.9 Å². The van der Waals surface area contributed by atoms with E-state index in [1.807, 2.05) is 0 Å². The van der Waals surface area contributed by atoms with Crippen LogP contribution in [0.3, 0.4) is 0 Å². The van der Waals surface area contributed by atoms with Crippen LogP contribution in [-0.4, -0.2) is 4.98 Å². The highest BCUT2D eigenvalue weighted by atomic mass is 14.7. The number of hydrogen-bond acceptors (Lipinski definition) is 1. The number of nitrogens with zero attached hydrogens (tertiary/aromatic N) is 1. The Morgan fingerprint density at radius 3 is 2.31 bits per heavy atom. The lowest BCUT2D eigenvalue weighted by Crippen LogP contribution is -1.91. The summed E-state index contributed by atoms with van der Waals surface area (Å²) in [6.45, 7) is 2.21. The van der Waals surface area contributed by atoms with Crippen LogP contribution < -0.4 is 0 Å². The molecule has 0 spiro atoms. The van der Waals surface area contributed by atoms with E-state index in [-0.39, 0.29) is 0 Å². The summed E-state index contributed by atoms with van der Waals surface area (Å²) in [5.74, 6) is 0. The molecule has 0 atom stereocenters. The number of pyridine rings is 1. The Morgan fingerprint density at radius 2 is 1.46 bits per heavy atom. The minimum Gasteiger partial charge on any atom is -0.255 e. The Hall–Kier alpha value is -3.19. The molecule has 0 fully saturated rings. The molecule has 5 aromatic rings. The fraction of sp³-hybridized carbons (Fsp3) is 0.0800. The maximum Gasteiger partial charge on any atom is 0.0783 e. The van der Waals surface area contributed by atoms with Gasteiger partial charge in [0.05, 0.1) is 5.52 Å². The number of hydrogen-bond donors (Lipinski definition) is 0. The van der Waals surface area contributed by atoms with Gasteiger partial charge in [-0.3, -0.25) is 4.98 Å². The summed E-state index contributed by atoms with van der Waals surface area (Å²) in [6, 6.07) is 24.2. The van der Waals surface area contributed by atoms with E-state index < -0.39 is 0 Å². The van der Waals surface area contributed by atoms with Crippen molar-refractivity contribution in [2.75, 3.05) is 0 Å². The summed E-state index contributed by atoms with van der Waals surface area (Å²) in [5, 5.41) is 6.48. The molecule has 0 saturated carbocycles. The average Bonchev–Trinajstić information content (AvgIpc) is 3.04. The first-order valence-electron chi connectivity index (χ1n) is 9.11. The SMILES string of the molecule is Cc1cc2c3c(cnc2c2ccccc12)-c1cc2ccccc2cc1C3. The molecule has 1 aliphatic carbocycles. The zero-order chi connectivity index (χ0) is 17.3. The van der Waals surface area contributed by atoms with E-state index in [0.29, 0.717) is 0 Å². The van der Waals surface area contributed by atoms with Gasteiger partial charge in [-0.25, -0.2) is 0 Å². The first-order valence-corrected chi connectivity index (χ1v) is 9.11. The summed E-state index contributed by atoms with van der Waals surface area (Å²) in [7, 11) is 0. The first-order chi connectivity index (χ1) is 12.8. The topological polar surface area (TPSA) is 12.9 Å². The fourth-order valence-corrected chi connectivity index (χ4v) is 4.56.